The Labute approximate surface area is 329 Å². The fourth-order valence-corrected chi connectivity index (χ4v) is 9.92. The molecule has 2 heterocycles. The number of phenolic OH excluding ortho intramolecular Hbond substituents is 2. The molecular formula is C48H52N2O6. The van der Waals surface area contributed by atoms with Crippen LogP contribution in [0.5, 0.6) is 34.5 Å². The van der Waals surface area contributed by atoms with Gasteiger partial charge in [-0.05, 0) is 146 Å². The van der Waals surface area contributed by atoms with Crippen molar-refractivity contribution in [2.45, 2.75) is 78.6 Å². The minimum Gasteiger partial charge on any atom is -0.507 e. The standard InChI is InChI=1S/C48H52N2O6/c1-23-17-39(55-9)45-29(13-11-15-37(45)53-7)41(23)35-21-31(33-19-25(3)49-27(5)43(33)47(35)51)32-22-36(48(52)44-28(6)50-26(4)20-34(32)44)42-24(2)18-40(56-10)46-30(42)14-12-16-38(46)54-8/h11-18,21-22,25-28,49-52H,19-20H2,1-10H3. The number of hydrogen-bond acceptors (Lipinski definition) is 8. The molecule has 8 nitrogen and oxygen atoms in total. The summed E-state index contributed by atoms with van der Waals surface area (Å²) in [6.07, 6.45) is 1.46. The lowest BCUT2D eigenvalue weighted by molar-refractivity contribution is 0.404. The lowest BCUT2D eigenvalue weighted by Gasteiger charge is -2.36. The smallest absolute Gasteiger partial charge is 0.130 e. The topological polar surface area (TPSA) is 101 Å². The van der Waals surface area contributed by atoms with Crippen molar-refractivity contribution in [1.82, 2.24) is 10.6 Å². The quantitative estimate of drug-likeness (QED) is 0.128. The third kappa shape index (κ3) is 5.72. The largest absolute Gasteiger partial charge is 0.507 e. The maximum atomic E-state index is 12.5. The molecule has 56 heavy (non-hydrogen) atoms. The zero-order valence-corrected chi connectivity index (χ0v) is 34.0. The summed E-state index contributed by atoms with van der Waals surface area (Å²) in [5, 5.41) is 36.1. The van der Waals surface area contributed by atoms with Crippen LogP contribution in [0.15, 0.2) is 60.7 Å². The number of benzene rings is 6. The molecule has 4 atom stereocenters. The number of nitrogens with one attached hydrogen (secondary N) is 2. The molecule has 0 spiro atoms. The average molecular weight is 753 g/mol. The first kappa shape index (κ1) is 37.5. The van der Waals surface area contributed by atoms with Crippen LogP contribution < -0.4 is 29.6 Å². The van der Waals surface area contributed by atoms with Crippen LogP contribution >= 0.6 is 0 Å². The zero-order chi connectivity index (χ0) is 39.7. The van der Waals surface area contributed by atoms with E-state index in [2.05, 4.69) is 76.4 Å². The molecule has 0 amide bonds. The number of rotatable bonds is 7. The van der Waals surface area contributed by atoms with E-state index in [1.54, 1.807) is 28.4 Å². The average Bonchev–Trinajstić information content (AvgIpc) is 3.17. The van der Waals surface area contributed by atoms with Gasteiger partial charge < -0.3 is 39.8 Å². The molecule has 0 radical (unpaired) electrons. The molecule has 0 bridgehead atoms. The van der Waals surface area contributed by atoms with E-state index in [0.717, 1.165) is 101 Å². The normalized spacial score (nSPS) is 19.1. The van der Waals surface area contributed by atoms with E-state index in [1.807, 2.05) is 36.4 Å². The van der Waals surface area contributed by atoms with E-state index < -0.39 is 0 Å². The summed E-state index contributed by atoms with van der Waals surface area (Å²) in [6, 6.07) is 20.6. The van der Waals surface area contributed by atoms with Crippen LogP contribution in [0.2, 0.25) is 0 Å². The Morgan fingerprint density at radius 1 is 0.518 bits per heavy atom. The summed E-state index contributed by atoms with van der Waals surface area (Å²) < 4.78 is 23.5. The van der Waals surface area contributed by atoms with Gasteiger partial charge in [-0.3, -0.25) is 0 Å². The maximum absolute atomic E-state index is 12.5. The molecule has 0 saturated carbocycles. The first-order chi connectivity index (χ1) is 26.9. The summed E-state index contributed by atoms with van der Waals surface area (Å²) >= 11 is 0. The highest BCUT2D eigenvalue weighted by Crippen LogP contribution is 2.54. The highest BCUT2D eigenvalue weighted by Gasteiger charge is 2.35. The van der Waals surface area contributed by atoms with Crippen LogP contribution in [0.1, 0.15) is 73.2 Å². The molecule has 8 heteroatoms. The van der Waals surface area contributed by atoms with Gasteiger partial charge in [0, 0.05) is 46.4 Å². The van der Waals surface area contributed by atoms with Gasteiger partial charge in [0.15, 0.2) is 0 Å². The molecule has 2 aliphatic rings. The second-order valence-corrected chi connectivity index (χ2v) is 15.7. The maximum Gasteiger partial charge on any atom is 0.130 e. The van der Waals surface area contributed by atoms with Crippen molar-refractivity contribution in [3.8, 4) is 67.9 Å². The lowest BCUT2D eigenvalue weighted by atomic mass is 9.76. The van der Waals surface area contributed by atoms with Crippen LogP contribution in [0.3, 0.4) is 0 Å². The second kappa shape index (κ2) is 14.3. The molecule has 0 aliphatic carbocycles. The highest BCUT2D eigenvalue weighted by atomic mass is 16.5. The Morgan fingerprint density at radius 2 is 0.893 bits per heavy atom. The molecule has 6 aromatic carbocycles. The Kier molecular flexibility index (Phi) is 9.54. The van der Waals surface area contributed by atoms with E-state index >= 15 is 0 Å². The Bertz CT molecular complexity index is 2380. The summed E-state index contributed by atoms with van der Waals surface area (Å²) in [5.41, 5.74) is 11.4. The van der Waals surface area contributed by atoms with Crippen molar-refractivity contribution >= 4 is 21.5 Å². The number of phenols is 2. The third-order valence-electron chi connectivity index (χ3n) is 12.1. The predicted octanol–water partition coefficient (Wildman–Crippen LogP) is 10.2. The Morgan fingerprint density at radius 3 is 1.25 bits per heavy atom. The van der Waals surface area contributed by atoms with Gasteiger partial charge in [0.2, 0.25) is 0 Å². The molecule has 4 N–H and O–H groups in total. The number of fused-ring (bicyclic) bond motifs is 4. The van der Waals surface area contributed by atoms with Crippen molar-refractivity contribution in [1.29, 1.82) is 0 Å². The molecule has 8 rings (SSSR count). The number of ether oxygens (including phenoxy) is 4. The van der Waals surface area contributed by atoms with Crippen molar-refractivity contribution in [3.63, 3.8) is 0 Å². The van der Waals surface area contributed by atoms with Gasteiger partial charge in [-0.2, -0.15) is 0 Å². The van der Waals surface area contributed by atoms with E-state index in [4.69, 9.17) is 18.9 Å². The van der Waals surface area contributed by atoms with E-state index in [-0.39, 0.29) is 35.7 Å². The molecule has 4 unspecified atom stereocenters. The van der Waals surface area contributed by atoms with Crippen LogP contribution in [0.4, 0.5) is 0 Å². The number of aryl methyl sites for hydroxylation is 2. The van der Waals surface area contributed by atoms with Gasteiger partial charge in [0.1, 0.15) is 34.5 Å². The second-order valence-electron chi connectivity index (χ2n) is 15.7. The van der Waals surface area contributed by atoms with Crippen molar-refractivity contribution in [2.24, 2.45) is 0 Å². The minimum atomic E-state index is -0.112. The first-order valence-electron chi connectivity index (χ1n) is 19.5. The van der Waals surface area contributed by atoms with Gasteiger partial charge in [-0.1, -0.05) is 24.3 Å². The van der Waals surface area contributed by atoms with Gasteiger partial charge in [0.25, 0.3) is 0 Å². The molecule has 290 valence electrons. The SMILES string of the molecule is COc1cccc2c(-c3cc(-c4cc(-c5c(C)cc(OC)c6c(OC)cccc56)c(O)c5c4CC(C)NC5C)c4c(c3O)C(C)NC(C)C4)c(C)cc(OC)c12. The first-order valence-corrected chi connectivity index (χ1v) is 19.5. The monoisotopic (exact) mass is 752 g/mol. The Balaban J connectivity index is 1.52. The van der Waals surface area contributed by atoms with Crippen LogP contribution in [0, 0.1) is 13.8 Å². The fourth-order valence-electron chi connectivity index (χ4n) is 9.92. The number of hydrogen-bond donors (Lipinski definition) is 4. The summed E-state index contributed by atoms with van der Waals surface area (Å²) in [5.74, 6) is 3.38. The van der Waals surface area contributed by atoms with Crippen LogP contribution in [-0.2, 0) is 12.8 Å². The van der Waals surface area contributed by atoms with Crippen molar-refractivity contribution in [3.05, 3.63) is 94.0 Å². The van der Waals surface area contributed by atoms with Crippen molar-refractivity contribution in [2.75, 3.05) is 28.4 Å². The third-order valence-corrected chi connectivity index (χ3v) is 12.1. The lowest BCUT2D eigenvalue weighted by Crippen LogP contribution is -2.37. The summed E-state index contributed by atoms with van der Waals surface area (Å²) in [6.45, 7) is 12.8. The molecule has 0 aromatic heterocycles. The van der Waals surface area contributed by atoms with Crippen molar-refractivity contribution < 1.29 is 29.2 Å². The van der Waals surface area contributed by atoms with Crippen LogP contribution in [0.25, 0.3) is 54.9 Å². The van der Waals surface area contributed by atoms with Gasteiger partial charge in [-0.25, -0.2) is 0 Å². The van der Waals surface area contributed by atoms with Gasteiger partial charge in [0.05, 0.1) is 39.2 Å². The Hall–Kier alpha value is -5.44. The predicted molar refractivity (Wildman–Crippen MR) is 226 cm³/mol. The van der Waals surface area contributed by atoms with Gasteiger partial charge >= 0.3 is 0 Å². The molecule has 0 fully saturated rings. The molecule has 2 aliphatic heterocycles. The molecule has 0 saturated heterocycles. The van der Waals surface area contributed by atoms with Crippen LogP contribution in [-0.4, -0.2) is 50.7 Å². The number of aromatic hydroxyl groups is 2. The fraction of sp³-hybridized carbons (Fsp3) is 0.333. The summed E-state index contributed by atoms with van der Waals surface area (Å²) in [7, 11) is 6.69. The minimum absolute atomic E-state index is 0.112. The van der Waals surface area contributed by atoms with E-state index in [1.165, 1.54) is 0 Å². The van der Waals surface area contributed by atoms with E-state index in [9.17, 15) is 10.2 Å². The number of methoxy groups -OCH3 is 4. The molecular weight excluding hydrogens is 701 g/mol. The summed E-state index contributed by atoms with van der Waals surface area (Å²) in [4.78, 5) is 0. The van der Waals surface area contributed by atoms with Gasteiger partial charge in [-0.15, -0.1) is 0 Å². The van der Waals surface area contributed by atoms with E-state index in [0.29, 0.717) is 23.0 Å². The zero-order valence-electron chi connectivity index (χ0n) is 34.0. The molecule has 6 aromatic rings. The highest BCUT2D eigenvalue weighted by molar-refractivity contribution is 6.08.